The fourth-order valence-corrected chi connectivity index (χ4v) is 1.83. The van der Waals surface area contributed by atoms with Crippen molar-refractivity contribution in [3.05, 3.63) is 30.1 Å². The lowest BCUT2D eigenvalue weighted by Gasteiger charge is -2.21. The van der Waals surface area contributed by atoms with Crippen LogP contribution < -0.4 is 16.0 Å². The van der Waals surface area contributed by atoms with Crippen molar-refractivity contribution in [2.75, 3.05) is 25.0 Å². The van der Waals surface area contributed by atoms with Crippen molar-refractivity contribution >= 4 is 11.7 Å². The molecule has 0 aliphatic carbocycles. The zero-order valence-electron chi connectivity index (χ0n) is 9.87. The first-order valence-electron chi connectivity index (χ1n) is 5.81. The second-order valence-corrected chi connectivity index (χ2v) is 4.47. The van der Waals surface area contributed by atoms with Crippen LogP contribution in [0.3, 0.4) is 0 Å². The highest BCUT2D eigenvalue weighted by Gasteiger charge is 2.31. The molecule has 98 valence electrons. The maximum atomic E-state index is 12.7. The molecule has 1 heterocycles. The Kier molecular flexibility index (Phi) is 3.78. The minimum Gasteiger partial charge on any atom is -0.387 e. The van der Waals surface area contributed by atoms with Gasteiger partial charge < -0.3 is 21.1 Å². The zero-order valence-corrected chi connectivity index (χ0v) is 9.87. The quantitative estimate of drug-likeness (QED) is 0.640. The van der Waals surface area contributed by atoms with E-state index in [2.05, 4.69) is 16.0 Å². The van der Waals surface area contributed by atoms with Gasteiger partial charge in [0.2, 0.25) is 0 Å². The minimum absolute atomic E-state index is 0.188. The maximum absolute atomic E-state index is 12.7. The molecule has 6 heteroatoms. The topological polar surface area (TPSA) is 73.4 Å². The van der Waals surface area contributed by atoms with Crippen LogP contribution in [-0.4, -0.2) is 36.4 Å². The molecule has 1 aliphatic heterocycles. The number of carbonyl (C=O) groups is 1. The number of benzene rings is 1. The average Bonchev–Trinajstić information content (AvgIpc) is 2.78. The third-order valence-corrected chi connectivity index (χ3v) is 2.90. The number of urea groups is 1. The molecule has 0 radical (unpaired) electrons. The first-order chi connectivity index (χ1) is 8.57. The Morgan fingerprint density at radius 1 is 1.44 bits per heavy atom. The third-order valence-electron chi connectivity index (χ3n) is 2.90. The molecule has 1 aromatic rings. The van der Waals surface area contributed by atoms with Crippen molar-refractivity contribution in [3.63, 3.8) is 0 Å². The lowest BCUT2D eigenvalue weighted by Crippen LogP contribution is -2.45. The van der Waals surface area contributed by atoms with E-state index in [-0.39, 0.29) is 12.4 Å². The highest BCUT2D eigenvalue weighted by Crippen LogP contribution is 2.13. The summed E-state index contributed by atoms with van der Waals surface area (Å²) in [7, 11) is 0. The van der Waals surface area contributed by atoms with Crippen LogP contribution in [0.2, 0.25) is 0 Å². The number of β-amino-alcohol motifs (C(OH)–C–C–N with tert-alkyl or cyclic N) is 1. The standard InChI is InChI=1S/C12H16FN3O2/c13-9-1-3-10(4-2-9)16-11(17)15-8-12(18)5-6-14-7-12/h1-4,14,18H,5-8H2,(H2,15,16,17). The summed E-state index contributed by atoms with van der Waals surface area (Å²) < 4.78 is 12.7. The van der Waals surface area contributed by atoms with Gasteiger partial charge in [-0.05, 0) is 37.2 Å². The number of hydrogen-bond donors (Lipinski definition) is 4. The molecular formula is C12H16FN3O2. The zero-order chi connectivity index (χ0) is 13.0. The lowest BCUT2D eigenvalue weighted by molar-refractivity contribution is 0.0640. The van der Waals surface area contributed by atoms with Crippen LogP contribution in [0.15, 0.2) is 24.3 Å². The van der Waals surface area contributed by atoms with Crippen molar-refractivity contribution < 1.29 is 14.3 Å². The van der Waals surface area contributed by atoms with E-state index >= 15 is 0 Å². The van der Waals surface area contributed by atoms with Gasteiger partial charge in [0.1, 0.15) is 5.82 Å². The molecule has 4 N–H and O–H groups in total. The summed E-state index contributed by atoms with van der Waals surface area (Å²) in [5.41, 5.74) is -0.370. The molecule has 2 amide bonds. The van der Waals surface area contributed by atoms with E-state index in [4.69, 9.17) is 0 Å². The molecule has 0 saturated carbocycles. The normalized spacial score (nSPS) is 22.8. The van der Waals surface area contributed by atoms with E-state index in [1.165, 1.54) is 24.3 Å². The van der Waals surface area contributed by atoms with Crippen LogP contribution in [0.1, 0.15) is 6.42 Å². The Labute approximate surface area is 104 Å². The van der Waals surface area contributed by atoms with Gasteiger partial charge in [-0.3, -0.25) is 0 Å². The molecule has 1 aliphatic rings. The van der Waals surface area contributed by atoms with Crippen molar-refractivity contribution in [2.24, 2.45) is 0 Å². The fourth-order valence-electron chi connectivity index (χ4n) is 1.83. The fraction of sp³-hybridized carbons (Fsp3) is 0.417. The van der Waals surface area contributed by atoms with Gasteiger partial charge in [0.25, 0.3) is 0 Å². The summed E-state index contributed by atoms with van der Waals surface area (Å²) in [6.07, 6.45) is 0.615. The number of hydrogen-bond acceptors (Lipinski definition) is 3. The molecule has 1 aromatic carbocycles. The van der Waals surface area contributed by atoms with E-state index in [0.717, 1.165) is 6.54 Å². The first-order valence-corrected chi connectivity index (χ1v) is 5.81. The summed E-state index contributed by atoms with van der Waals surface area (Å²) in [4.78, 5) is 11.5. The highest BCUT2D eigenvalue weighted by atomic mass is 19.1. The van der Waals surface area contributed by atoms with Crippen molar-refractivity contribution in [2.45, 2.75) is 12.0 Å². The van der Waals surface area contributed by atoms with Gasteiger partial charge in [0.15, 0.2) is 0 Å². The van der Waals surface area contributed by atoms with E-state index in [1.807, 2.05) is 0 Å². The summed E-state index contributed by atoms with van der Waals surface area (Å²) in [6, 6.07) is 5.07. The molecule has 1 unspecified atom stereocenters. The predicted molar refractivity (Wildman–Crippen MR) is 65.9 cm³/mol. The smallest absolute Gasteiger partial charge is 0.319 e. The molecule has 1 saturated heterocycles. The van der Waals surface area contributed by atoms with E-state index in [1.54, 1.807) is 0 Å². The van der Waals surface area contributed by atoms with Crippen molar-refractivity contribution in [1.82, 2.24) is 10.6 Å². The second kappa shape index (κ2) is 5.32. The Bertz CT molecular complexity index is 416. The van der Waals surface area contributed by atoms with Crippen LogP contribution in [0.4, 0.5) is 14.9 Å². The van der Waals surface area contributed by atoms with Gasteiger partial charge in [-0.1, -0.05) is 0 Å². The molecule has 1 atom stereocenters. The molecule has 18 heavy (non-hydrogen) atoms. The molecule has 0 bridgehead atoms. The summed E-state index contributed by atoms with van der Waals surface area (Å²) >= 11 is 0. The molecule has 2 rings (SSSR count). The predicted octanol–water partition coefficient (Wildman–Crippen LogP) is 0.672. The number of aliphatic hydroxyl groups is 1. The SMILES string of the molecule is O=C(NCC1(O)CCNC1)Nc1ccc(F)cc1. The lowest BCUT2D eigenvalue weighted by atomic mass is 10.0. The number of carbonyl (C=O) groups excluding carboxylic acids is 1. The van der Waals surface area contributed by atoms with Crippen LogP contribution in [0.5, 0.6) is 0 Å². The van der Waals surface area contributed by atoms with E-state index in [9.17, 15) is 14.3 Å². The van der Waals surface area contributed by atoms with Crippen LogP contribution in [0.25, 0.3) is 0 Å². The highest BCUT2D eigenvalue weighted by molar-refractivity contribution is 5.89. The number of rotatable bonds is 3. The Morgan fingerprint density at radius 2 is 2.17 bits per heavy atom. The average molecular weight is 253 g/mol. The Balaban J connectivity index is 1.80. The van der Waals surface area contributed by atoms with Gasteiger partial charge in [-0.2, -0.15) is 0 Å². The summed E-state index contributed by atoms with van der Waals surface area (Å²) in [5.74, 6) is -0.354. The molecular weight excluding hydrogens is 237 g/mol. The van der Waals surface area contributed by atoms with Crippen LogP contribution >= 0.6 is 0 Å². The molecule has 1 fully saturated rings. The van der Waals surface area contributed by atoms with Gasteiger partial charge >= 0.3 is 6.03 Å². The summed E-state index contributed by atoms with van der Waals surface area (Å²) in [5, 5.41) is 18.2. The van der Waals surface area contributed by atoms with Gasteiger partial charge in [-0.15, -0.1) is 0 Å². The van der Waals surface area contributed by atoms with Crippen LogP contribution in [0, 0.1) is 5.82 Å². The van der Waals surface area contributed by atoms with E-state index in [0.29, 0.717) is 18.7 Å². The summed E-state index contributed by atoms with van der Waals surface area (Å²) in [6.45, 7) is 1.41. The van der Waals surface area contributed by atoms with E-state index < -0.39 is 11.6 Å². The Hall–Kier alpha value is -1.66. The monoisotopic (exact) mass is 253 g/mol. The van der Waals surface area contributed by atoms with Gasteiger partial charge in [0, 0.05) is 18.8 Å². The Morgan fingerprint density at radius 3 is 2.78 bits per heavy atom. The van der Waals surface area contributed by atoms with Gasteiger partial charge in [0.05, 0.1) is 5.60 Å². The maximum Gasteiger partial charge on any atom is 0.319 e. The first kappa shape index (κ1) is 12.8. The number of halogens is 1. The number of anilines is 1. The molecule has 0 spiro atoms. The third kappa shape index (κ3) is 3.41. The number of nitrogens with one attached hydrogen (secondary N) is 3. The van der Waals surface area contributed by atoms with Gasteiger partial charge in [-0.25, -0.2) is 9.18 Å². The largest absolute Gasteiger partial charge is 0.387 e. The van der Waals surface area contributed by atoms with Crippen molar-refractivity contribution in [1.29, 1.82) is 0 Å². The number of amides is 2. The minimum atomic E-state index is -0.875. The van der Waals surface area contributed by atoms with Crippen LogP contribution in [-0.2, 0) is 0 Å². The second-order valence-electron chi connectivity index (χ2n) is 4.47. The molecule has 0 aromatic heterocycles. The van der Waals surface area contributed by atoms with Crippen molar-refractivity contribution in [3.8, 4) is 0 Å². The molecule has 5 nitrogen and oxygen atoms in total.